The van der Waals surface area contributed by atoms with Crippen LogP contribution < -0.4 is 0 Å². The first kappa shape index (κ1) is 43.3. The van der Waals surface area contributed by atoms with E-state index in [1.54, 1.807) is 0 Å². The van der Waals surface area contributed by atoms with Crippen molar-refractivity contribution in [3.05, 3.63) is 0 Å². The Morgan fingerprint density at radius 3 is 0.850 bits per heavy atom. The Bertz CT molecular complexity index is 435. The first-order valence-corrected chi connectivity index (χ1v) is 19.5. The van der Waals surface area contributed by atoms with Crippen molar-refractivity contribution < 1.29 is 0 Å². The Balaban J connectivity index is 0. The molecule has 0 saturated carbocycles. The van der Waals surface area contributed by atoms with E-state index in [9.17, 15) is 0 Å². The largest absolute Gasteiger partial charge is 0.131 e. The van der Waals surface area contributed by atoms with Gasteiger partial charge in [0.05, 0.1) is 0 Å². The molecule has 2 atom stereocenters. The highest BCUT2D eigenvalue weighted by Crippen LogP contribution is 2.44. The monoisotopic (exact) mass is 695 g/mol. The molecule has 0 bridgehead atoms. The van der Waals surface area contributed by atoms with Gasteiger partial charge in [0.25, 0.3) is 0 Å². The molecule has 0 saturated heterocycles. The number of hydrogen-bond donors (Lipinski definition) is 0. The Hall–Kier alpha value is 1.16. The van der Waals surface area contributed by atoms with Crippen molar-refractivity contribution in [3.8, 4) is 0 Å². The Labute approximate surface area is 276 Å². The molecule has 0 spiro atoms. The maximum atomic E-state index is 3.55. The minimum absolute atomic E-state index is 0. The molecule has 0 aliphatic heterocycles. The van der Waals surface area contributed by atoms with Crippen LogP contribution in [0.3, 0.4) is 0 Å². The summed E-state index contributed by atoms with van der Waals surface area (Å²) in [7, 11) is 3.55. The summed E-state index contributed by atoms with van der Waals surface area (Å²) in [5, 5.41) is 0.512. The van der Waals surface area contributed by atoms with Gasteiger partial charge >= 0.3 is 0 Å². The van der Waals surface area contributed by atoms with Gasteiger partial charge in [-0.25, -0.2) is 0 Å². The second-order valence-corrected chi connectivity index (χ2v) is 14.6. The SMILES string of the molecule is CCCCCCCCCCCCC(CCCCCCCC)C(P)(CCCCCCCC)CCCCCCCC.I. The van der Waals surface area contributed by atoms with E-state index in [2.05, 4.69) is 36.9 Å². The van der Waals surface area contributed by atoms with Crippen molar-refractivity contribution in [2.24, 2.45) is 5.92 Å². The third kappa shape index (κ3) is 28.0. The molecule has 0 amide bonds. The number of hydrogen-bond acceptors (Lipinski definition) is 0. The molecule has 0 aromatic carbocycles. The molecule has 0 nitrogen and oxygen atoms in total. The van der Waals surface area contributed by atoms with Gasteiger partial charge in [-0.05, 0) is 36.8 Å². The molecule has 244 valence electrons. The van der Waals surface area contributed by atoms with E-state index in [4.69, 9.17) is 0 Å². The van der Waals surface area contributed by atoms with Crippen molar-refractivity contribution in [1.29, 1.82) is 0 Å². The summed E-state index contributed by atoms with van der Waals surface area (Å²) in [4.78, 5) is 0. The summed E-state index contributed by atoms with van der Waals surface area (Å²) in [6, 6.07) is 0. The molecular weight excluding hydrogens is 614 g/mol. The topological polar surface area (TPSA) is 0 Å². The zero-order valence-electron chi connectivity index (χ0n) is 28.7. The van der Waals surface area contributed by atoms with E-state index >= 15 is 0 Å². The fraction of sp³-hybridized carbons (Fsp3) is 1.00. The van der Waals surface area contributed by atoms with Crippen LogP contribution in [0.4, 0.5) is 0 Å². The van der Waals surface area contributed by atoms with Crippen LogP contribution in [0.5, 0.6) is 0 Å². The lowest BCUT2D eigenvalue weighted by Gasteiger charge is -2.39. The minimum Gasteiger partial charge on any atom is -0.131 e. The van der Waals surface area contributed by atoms with E-state index in [0.717, 1.165) is 5.92 Å². The molecule has 0 aliphatic carbocycles. The predicted molar refractivity (Wildman–Crippen MR) is 202 cm³/mol. The van der Waals surface area contributed by atoms with Gasteiger partial charge in [0.2, 0.25) is 0 Å². The van der Waals surface area contributed by atoms with Gasteiger partial charge in [-0.2, -0.15) is 0 Å². The fourth-order valence-electron chi connectivity index (χ4n) is 6.77. The second-order valence-electron chi connectivity index (χ2n) is 13.5. The molecular formula is C38H80IP. The molecule has 2 unspecified atom stereocenters. The van der Waals surface area contributed by atoms with Crippen LogP contribution >= 0.6 is 33.2 Å². The van der Waals surface area contributed by atoms with E-state index < -0.39 is 0 Å². The van der Waals surface area contributed by atoms with E-state index in [1.807, 2.05) is 0 Å². The van der Waals surface area contributed by atoms with Crippen molar-refractivity contribution in [3.63, 3.8) is 0 Å². The van der Waals surface area contributed by atoms with Crippen LogP contribution in [0.2, 0.25) is 0 Å². The predicted octanol–water partition coefficient (Wildman–Crippen LogP) is 15.4. The van der Waals surface area contributed by atoms with Crippen LogP contribution in [0, 0.1) is 5.92 Å². The van der Waals surface area contributed by atoms with Crippen molar-refractivity contribution in [1.82, 2.24) is 0 Å². The first-order valence-electron chi connectivity index (χ1n) is 18.9. The van der Waals surface area contributed by atoms with E-state index in [-0.39, 0.29) is 24.0 Å². The van der Waals surface area contributed by atoms with Gasteiger partial charge < -0.3 is 0 Å². The highest BCUT2D eigenvalue weighted by molar-refractivity contribution is 14.0. The van der Waals surface area contributed by atoms with Gasteiger partial charge in [0, 0.05) is 0 Å². The number of unbranched alkanes of at least 4 members (excludes halogenated alkanes) is 24. The molecule has 0 fully saturated rings. The van der Waals surface area contributed by atoms with Gasteiger partial charge in [-0.15, -0.1) is 33.2 Å². The van der Waals surface area contributed by atoms with Crippen molar-refractivity contribution in [2.75, 3.05) is 0 Å². The summed E-state index contributed by atoms with van der Waals surface area (Å²) in [6.45, 7) is 9.35. The van der Waals surface area contributed by atoms with Gasteiger partial charge in [0.1, 0.15) is 0 Å². The summed E-state index contributed by atoms with van der Waals surface area (Å²) in [6.07, 6.45) is 46.6. The average molecular weight is 695 g/mol. The molecule has 0 aromatic rings. The molecule has 0 N–H and O–H groups in total. The van der Waals surface area contributed by atoms with Gasteiger partial charge in [0.15, 0.2) is 0 Å². The minimum atomic E-state index is 0. The average Bonchev–Trinajstić information content (AvgIpc) is 2.94. The van der Waals surface area contributed by atoms with Crippen LogP contribution in [0.25, 0.3) is 0 Å². The molecule has 0 rings (SSSR count). The van der Waals surface area contributed by atoms with Crippen molar-refractivity contribution in [2.45, 2.75) is 238 Å². The van der Waals surface area contributed by atoms with Crippen molar-refractivity contribution >= 4 is 33.2 Å². The second kappa shape index (κ2) is 34.6. The van der Waals surface area contributed by atoms with Gasteiger partial charge in [-0.1, -0.05) is 207 Å². The molecule has 0 radical (unpaired) electrons. The number of halogens is 1. The van der Waals surface area contributed by atoms with Crippen LogP contribution in [-0.2, 0) is 0 Å². The smallest absolute Gasteiger partial charge is 0.0122 e. The zero-order valence-corrected chi connectivity index (χ0v) is 32.2. The highest BCUT2D eigenvalue weighted by atomic mass is 127. The Morgan fingerprint density at radius 1 is 0.350 bits per heavy atom. The standard InChI is InChI=1S/C38H79P.HI/c1-5-9-13-17-21-22-23-24-26-30-34-37(33-29-25-18-14-10-6-2)38(39,35-31-27-19-15-11-7-3)36-32-28-20-16-12-8-4;/h37H,5-36,39H2,1-4H3;1H. The third-order valence-corrected chi connectivity index (χ3v) is 10.7. The van der Waals surface area contributed by atoms with E-state index in [1.165, 1.54) is 205 Å². The molecule has 0 aliphatic rings. The third-order valence-electron chi connectivity index (χ3n) is 9.62. The number of rotatable bonds is 33. The fourth-order valence-corrected chi connectivity index (χ4v) is 7.51. The maximum absolute atomic E-state index is 3.55. The lowest BCUT2D eigenvalue weighted by molar-refractivity contribution is 0.269. The molecule has 40 heavy (non-hydrogen) atoms. The maximum Gasteiger partial charge on any atom is -0.0122 e. The Morgan fingerprint density at radius 2 is 0.575 bits per heavy atom. The highest BCUT2D eigenvalue weighted by Gasteiger charge is 2.32. The van der Waals surface area contributed by atoms with E-state index in [0.29, 0.717) is 5.16 Å². The molecule has 2 heteroatoms. The van der Waals surface area contributed by atoms with Crippen LogP contribution in [-0.4, -0.2) is 5.16 Å². The van der Waals surface area contributed by atoms with Gasteiger partial charge in [-0.3, -0.25) is 0 Å². The lowest BCUT2D eigenvalue weighted by atomic mass is 9.77. The van der Waals surface area contributed by atoms with Crippen LogP contribution in [0.1, 0.15) is 233 Å². The first-order chi connectivity index (χ1) is 19.1. The molecule has 0 heterocycles. The Kier molecular flexibility index (Phi) is 37.5. The zero-order chi connectivity index (χ0) is 28.7. The summed E-state index contributed by atoms with van der Waals surface area (Å²) in [5.41, 5.74) is 0. The summed E-state index contributed by atoms with van der Waals surface area (Å²) >= 11 is 0. The summed E-state index contributed by atoms with van der Waals surface area (Å²) < 4.78 is 0. The lowest BCUT2D eigenvalue weighted by Crippen LogP contribution is -2.32. The normalized spacial score (nSPS) is 12.5. The quantitative estimate of drug-likeness (QED) is 0.0364. The summed E-state index contributed by atoms with van der Waals surface area (Å²) in [5.74, 6) is 0.939. The molecule has 0 aromatic heterocycles. The van der Waals surface area contributed by atoms with Crippen LogP contribution in [0.15, 0.2) is 0 Å².